The van der Waals surface area contributed by atoms with Crippen LogP contribution in [0.25, 0.3) is 0 Å². The molecule has 1 unspecified atom stereocenters. The number of hydrogen-bond acceptors (Lipinski definition) is 2. The summed E-state index contributed by atoms with van der Waals surface area (Å²) >= 11 is 0. The molecule has 0 radical (unpaired) electrons. The molecule has 1 atom stereocenters. The van der Waals surface area contributed by atoms with E-state index in [4.69, 9.17) is 4.74 Å². The number of carboxylic acid groups (broad SMARTS) is 1. The number of rotatable bonds is 5. The van der Waals surface area contributed by atoms with Gasteiger partial charge in [0.2, 0.25) is 0 Å². The number of carbonyl (C=O) groups is 1. The van der Waals surface area contributed by atoms with Crippen molar-refractivity contribution in [2.75, 3.05) is 7.11 Å². The van der Waals surface area contributed by atoms with Gasteiger partial charge < -0.3 is 9.84 Å². The Bertz CT molecular complexity index is 421. The van der Waals surface area contributed by atoms with E-state index in [0.29, 0.717) is 5.92 Å². The Kier molecular flexibility index (Phi) is 3.36. The number of benzene rings is 1. The zero-order valence-electron chi connectivity index (χ0n) is 10.3. The number of aryl methyl sites for hydroxylation is 1. The van der Waals surface area contributed by atoms with Gasteiger partial charge in [0.1, 0.15) is 5.75 Å². The maximum absolute atomic E-state index is 11.3. The van der Waals surface area contributed by atoms with Crippen LogP contribution in [-0.4, -0.2) is 18.2 Å². The minimum atomic E-state index is -0.709. The van der Waals surface area contributed by atoms with Crippen molar-refractivity contribution in [3.8, 4) is 5.75 Å². The van der Waals surface area contributed by atoms with Gasteiger partial charge in [0.05, 0.1) is 13.0 Å². The molecule has 17 heavy (non-hydrogen) atoms. The molecule has 1 aliphatic rings. The Morgan fingerprint density at radius 2 is 2.24 bits per heavy atom. The summed E-state index contributed by atoms with van der Waals surface area (Å²) in [5, 5.41) is 9.30. The van der Waals surface area contributed by atoms with Crippen LogP contribution in [0.15, 0.2) is 18.2 Å². The minimum absolute atomic E-state index is 0.325. The third-order valence-corrected chi connectivity index (χ3v) is 3.40. The largest absolute Gasteiger partial charge is 0.496 e. The first-order chi connectivity index (χ1) is 8.17. The number of ether oxygens (including phenoxy) is 1. The average Bonchev–Trinajstić information content (AvgIpc) is 3.13. The van der Waals surface area contributed by atoms with Crippen LogP contribution < -0.4 is 4.74 Å². The number of carboxylic acids is 1. The SMILES string of the molecule is CCc1cc(C(C(=O)O)C2CC2)ccc1OC. The lowest BCUT2D eigenvalue weighted by molar-refractivity contribution is -0.139. The van der Waals surface area contributed by atoms with Gasteiger partial charge in [-0.05, 0) is 42.4 Å². The van der Waals surface area contributed by atoms with Gasteiger partial charge in [-0.2, -0.15) is 0 Å². The third-order valence-electron chi connectivity index (χ3n) is 3.40. The fourth-order valence-corrected chi connectivity index (χ4v) is 2.31. The fourth-order valence-electron chi connectivity index (χ4n) is 2.31. The average molecular weight is 234 g/mol. The van der Waals surface area contributed by atoms with Gasteiger partial charge in [0, 0.05) is 0 Å². The van der Waals surface area contributed by atoms with E-state index in [1.807, 2.05) is 18.2 Å². The topological polar surface area (TPSA) is 46.5 Å². The molecule has 92 valence electrons. The lowest BCUT2D eigenvalue weighted by Gasteiger charge is -2.14. The van der Waals surface area contributed by atoms with Crippen molar-refractivity contribution >= 4 is 5.97 Å². The molecular weight excluding hydrogens is 216 g/mol. The molecule has 1 aromatic rings. The smallest absolute Gasteiger partial charge is 0.311 e. The number of aliphatic carboxylic acids is 1. The molecule has 0 bridgehead atoms. The molecule has 2 rings (SSSR count). The molecule has 3 nitrogen and oxygen atoms in total. The van der Waals surface area contributed by atoms with Crippen molar-refractivity contribution in [1.82, 2.24) is 0 Å². The molecule has 0 saturated heterocycles. The molecule has 0 aliphatic heterocycles. The molecule has 0 aromatic heterocycles. The monoisotopic (exact) mass is 234 g/mol. The van der Waals surface area contributed by atoms with Gasteiger partial charge in [-0.1, -0.05) is 19.1 Å². The summed E-state index contributed by atoms with van der Waals surface area (Å²) in [6.07, 6.45) is 2.92. The van der Waals surface area contributed by atoms with E-state index in [1.54, 1.807) is 7.11 Å². The van der Waals surface area contributed by atoms with Gasteiger partial charge in [-0.3, -0.25) is 4.79 Å². The van der Waals surface area contributed by atoms with Crippen LogP contribution in [0.2, 0.25) is 0 Å². The van der Waals surface area contributed by atoms with Crippen molar-refractivity contribution in [2.24, 2.45) is 5.92 Å². The Hall–Kier alpha value is -1.51. The summed E-state index contributed by atoms with van der Waals surface area (Å²) in [6, 6.07) is 5.75. The molecule has 3 heteroatoms. The van der Waals surface area contributed by atoms with Crippen LogP contribution in [0.4, 0.5) is 0 Å². The van der Waals surface area contributed by atoms with Crippen LogP contribution in [0, 0.1) is 5.92 Å². The predicted molar refractivity (Wildman–Crippen MR) is 65.5 cm³/mol. The second kappa shape index (κ2) is 4.78. The second-order valence-corrected chi connectivity index (χ2v) is 4.58. The van der Waals surface area contributed by atoms with E-state index in [9.17, 15) is 9.90 Å². The molecule has 1 fully saturated rings. The highest BCUT2D eigenvalue weighted by molar-refractivity contribution is 5.77. The van der Waals surface area contributed by atoms with Crippen molar-refractivity contribution in [1.29, 1.82) is 0 Å². The molecule has 1 aliphatic carbocycles. The van der Waals surface area contributed by atoms with Gasteiger partial charge in [-0.15, -0.1) is 0 Å². The Balaban J connectivity index is 2.34. The molecule has 0 spiro atoms. The maximum Gasteiger partial charge on any atom is 0.311 e. The summed E-state index contributed by atoms with van der Waals surface area (Å²) < 4.78 is 5.26. The number of hydrogen-bond donors (Lipinski definition) is 1. The van der Waals surface area contributed by atoms with Crippen LogP contribution >= 0.6 is 0 Å². The van der Waals surface area contributed by atoms with Crippen LogP contribution in [0.1, 0.15) is 36.8 Å². The highest BCUT2D eigenvalue weighted by Gasteiger charge is 2.37. The van der Waals surface area contributed by atoms with Crippen molar-refractivity contribution < 1.29 is 14.6 Å². The molecular formula is C14H18O3. The number of methoxy groups -OCH3 is 1. The second-order valence-electron chi connectivity index (χ2n) is 4.58. The highest BCUT2D eigenvalue weighted by Crippen LogP contribution is 2.43. The Labute approximate surface area is 101 Å². The van der Waals surface area contributed by atoms with Crippen molar-refractivity contribution in [2.45, 2.75) is 32.1 Å². The lowest BCUT2D eigenvalue weighted by atomic mass is 9.92. The molecule has 1 saturated carbocycles. The first kappa shape index (κ1) is 12.0. The maximum atomic E-state index is 11.3. The van der Waals surface area contributed by atoms with Gasteiger partial charge >= 0.3 is 5.97 Å². The molecule has 0 heterocycles. The van der Waals surface area contributed by atoms with Gasteiger partial charge in [-0.25, -0.2) is 0 Å². The summed E-state index contributed by atoms with van der Waals surface area (Å²) in [4.78, 5) is 11.3. The summed E-state index contributed by atoms with van der Waals surface area (Å²) in [5.41, 5.74) is 1.99. The Morgan fingerprint density at radius 1 is 1.53 bits per heavy atom. The summed E-state index contributed by atoms with van der Waals surface area (Å²) in [7, 11) is 1.64. The minimum Gasteiger partial charge on any atom is -0.496 e. The van der Waals surface area contributed by atoms with E-state index >= 15 is 0 Å². The highest BCUT2D eigenvalue weighted by atomic mass is 16.5. The zero-order valence-corrected chi connectivity index (χ0v) is 10.3. The molecule has 0 amide bonds. The van der Waals surface area contributed by atoms with Crippen molar-refractivity contribution in [3.05, 3.63) is 29.3 Å². The third kappa shape index (κ3) is 2.43. The predicted octanol–water partition coefficient (Wildman–Crippen LogP) is 2.84. The standard InChI is InChI=1S/C14H18O3/c1-3-9-8-11(6-7-12(9)17-2)13(14(15)16)10-4-5-10/h6-8,10,13H,3-5H2,1-2H3,(H,15,16). The van der Waals surface area contributed by atoms with Crippen LogP contribution in [-0.2, 0) is 11.2 Å². The van der Waals surface area contributed by atoms with Crippen LogP contribution in [0.3, 0.4) is 0 Å². The van der Waals surface area contributed by atoms with E-state index in [-0.39, 0.29) is 5.92 Å². The first-order valence-corrected chi connectivity index (χ1v) is 6.07. The summed E-state index contributed by atoms with van der Waals surface area (Å²) in [6.45, 7) is 2.05. The van der Waals surface area contributed by atoms with E-state index in [0.717, 1.165) is 36.1 Å². The van der Waals surface area contributed by atoms with E-state index in [2.05, 4.69) is 6.92 Å². The van der Waals surface area contributed by atoms with E-state index < -0.39 is 5.97 Å². The van der Waals surface area contributed by atoms with Crippen molar-refractivity contribution in [3.63, 3.8) is 0 Å². The van der Waals surface area contributed by atoms with Crippen LogP contribution in [0.5, 0.6) is 5.75 Å². The first-order valence-electron chi connectivity index (χ1n) is 6.07. The van der Waals surface area contributed by atoms with Gasteiger partial charge in [0.25, 0.3) is 0 Å². The Morgan fingerprint density at radius 3 is 2.71 bits per heavy atom. The van der Waals surface area contributed by atoms with Gasteiger partial charge in [0.15, 0.2) is 0 Å². The van der Waals surface area contributed by atoms with E-state index in [1.165, 1.54) is 0 Å². The fraction of sp³-hybridized carbons (Fsp3) is 0.500. The molecule has 1 N–H and O–H groups in total. The molecule has 1 aromatic carbocycles. The lowest BCUT2D eigenvalue weighted by Crippen LogP contribution is -2.14. The normalized spacial score (nSPS) is 16.6. The summed E-state index contributed by atoms with van der Waals surface area (Å²) in [5.74, 6) is 0.118. The quantitative estimate of drug-likeness (QED) is 0.852. The zero-order chi connectivity index (χ0) is 12.4.